The molecule has 2 aliphatic heterocycles. The maximum Gasteiger partial charge on any atom is 0.246 e. The molecule has 0 unspecified atom stereocenters. The summed E-state index contributed by atoms with van der Waals surface area (Å²) in [5.74, 6) is 1.44. The van der Waals surface area contributed by atoms with Crippen LogP contribution < -0.4 is 10.1 Å². The summed E-state index contributed by atoms with van der Waals surface area (Å²) in [4.78, 5) is 26.5. The molecule has 5 heterocycles. The van der Waals surface area contributed by atoms with E-state index in [0.29, 0.717) is 55.1 Å². The van der Waals surface area contributed by atoms with Gasteiger partial charge in [-0.25, -0.2) is 4.98 Å². The molecule has 0 radical (unpaired) electrons. The largest absolute Gasteiger partial charge is 0.490 e. The Hall–Kier alpha value is -3.95. The molecule has 1 amide bonds. The second kappa shape index (κ2) is 10.8. The lowest BCUT2D eigenvalue weighted by atomic mass is 9.99. The number of hydrogen-bond acceptors (Lipinski definition) is 7. The van der Waals surface area contributed by atoms with Crippen molar-refractivity contribution in [2.24, 2.45) is 0 Å². The first-order chi connectivity index (χ1) is 19.8. The van der Waals surface area contributed by atoms with Crippen LogP contribution in [0.4, 0.5) is 11.5 Å². The van der Waals surface area contributed by atoms with Crippen LogP contribution in [0.1, 0.15) is 42.1 Å². The second-order valence-electron chi connectivity index (χ2n) is 11.1. The van der Waals surface area contributed by atoms with E-state index in [1.807, 2.05) is 42.4 Å². The van der Waals surface area contributed by atoms with Gasteiger partial charge in [-0.05, 0) is 49.1 Å². The molecule has 0 bridgehead atoms. The SMILES string of the molecule is C=CC(=O)N1CCN2Cc3c(Nc4c(C)ccnc4C(C)C)nc(-c4c(C)ccc5[nH]ncc45)c(Cl)c3OC[C@H]2C1. The predicted molar refractivity (Wildman–Crippen MR) is 162 cm³/mol. The van der Waals surface area contributed by atoms with Gasteiger partial charge in [0.05, 0.1) is 40.4 Å². The summed E-state index contributed by atoms with van der Waals surface area (Å²) in [6, 6.07) is 6.07. The molecule has 2 aliphatic rings. The summed E-state index contributed by atoms with van der Waals surface area (Å²) < 4.78 is 6.54. The number of carbonyl (C=O) groups is 1. The van der Waals surface area contributed by atoms with Gasteiger partial charge in [0.1, 0.15) is 23.2 Å². The fourth-order valence-electron chi connectivity index (χ4n) is 5.85. The average molecular weight is 572 g/mol. The fourth-order valence-corrected chi connectivity index (χ4v) is 6.16. The van der Waals surface area contributed by atoms with E-state index in [1.165, 1.54) is 6.08 Å². The lowest BCUT2D eigenvalue weighted by molar-refractivity contribution is -0.129. The first-order valence-electron chi connectivity index (χ1n) is 13.9. The van der Waals surface area contributed by atoms with Crippen LogP contribution in [0, 0.1) is 13.8 Å². The van der Waals surface area contributed by atoms with Crippen LogP contribution in [0.5, 0.6) is 5.75 Å². The van der Waals surface area contributed by atoms with E-state index in [0.717, 1.165) is 44.5 Å². The third kappa shape index (κ3) is 4.83. The Kier molecular flexibility index (Phi) is 7.17. The highest BCUT2D eigenvalue weighted by Crippen LogP contribution is 2.45. The number of fused-ring (bicyclic) bond motifs is 3. The van der Waals surface area contributed by atoms with Gasteiger partial charge in [-0.1, -0.05) is 38.1 Å². The molecule has 1 atom stereocenters. The summed E-state index contributed by atoms with van der Waals surface area (Å²) in [6.45, 7) is 14.9. The smallest absolute Gasteiger partial charge is 0.246 e. The molecule has 41 heavy (non-hydrogen) atoms. The molecular weight excluding hydrogens is 538 g/mol. The molecule has 0 aliphatic carbocycles. The zero-order valence-electron chi connectivity index (χ0n) is 23.8. The summed E-state index contributed by atoms with van der Waals surface area (Å²) in [7, 11) is 0. The highest BCUT2D eigenvalue weighted by Gasteiger charge is 2.35. The van der Waals surface area contributed by atoms with E-state index < -0.39 is 0 Å². The number of rotatable bonds is 5. The number of ether oxygens (including phenoxy) is 1. The molecule has 10 heteroatoms. The highest BCUT2D eigenvalue weighted by molar-refractivity contribution is 6.35. The van der Waals surface area contributed by atoms with Crippen molar-refractivity contribution in [3.63, 3.8) is 0 Å². The Morgan fingerprint density at radius 2 is 2.07 bits per heavy atom. The van der Waals surface area contributed by atoms with Gasteiger partial charge in [-0.2, -0.15) is 5.10 Å². The van der Waals surface area contributed by atoms with Gasteiger partial charge in [-0.15, -0.1) is 0 Å². The third-order valence-corrected chi connectivity index (χ3v) is 8.46. The van der Waals surface area contributed by atoms with Gasteiger partial charge in [0.15, 0.2) is 0 Å². The molecule has 0 saturated carbocycles. The normalized spacial score (nSPS) is 17.1. The molecule has 2 N–H and O–H groups in total. The molecule has 1 aromatic carbocycles. The van der Waals surface area contributed by atoms with Gasteiger partial charge in [0.25, 0.3) is 0 Å². The minimum atomic E-state index is -0.0623. The topological polar surface area (TPSA) is 99.3 Å². The monoisotopic (exact) mass is 571 g/mol. The Bertz CT molecular complexity index is 1660. The standard InChI is InChI=1S/C31H34ClN7O2/c1-6-24(40)39-12-11-38-15-22-30(41-16-20(38)14-39)26(32)29(25-18(4)7-8-23-21(25)13-34-37-23)36-31(22)35-28-19(5)9-10-33-27(28)17(2)3/h6-10,13,17,20H,1,11-12,14-16H2,2-5H3,(H,34,37)(H,35,36)/t20-/m1/s1. The van der Waals surface area contributed by atoms with E-state index in [1.54, 1.807) is 0 Å². The predicted octanol–water partition coefficient (Wildman–Crippen LogP) is 5.75. The number of pyridine rings is 2. The molecule has 212 valence electrons. The fraction of sp³-hybridized carbons (Fsp3) is 0.355. The van der Waals surface area contributed by atoms with Crippen LogP contribution in [0.2, 0.25) is 5.02 Å². The molecule has 4 aromatic rings. The van der Waals surface area contributed by atoms with E-state index in [9.17, 15) is 4.79 Å². The molecule has 6 rings (SSSR count). The van der Waals surface area contributed by atoms with Crippen molar-refractivity contribution >= 4 is 39.9 Å². The first-order valence-corrected chi connectivity index (χ1v) is 14.3. The van der Waals surface area contributed by atoms with E-state index in [4.69, 9.17) is 26.3 Å². The first kappa shape index (κ1) is 27.2. The maximum absolute atomic E-state index is 12.4. The summed E-state index contributed by atoms with van der Waals surface area (Å²) in [5.41, 5.74) is 7.35. The Morgan fingerprint density at radius 3 is 2.85 bits per heavy atom. The Balaban J connectivity index is 1.52. The number of anilines is 2. The van der Waals surface area contributed by atoms with Crippen molar-refractivity contribution in [3.8, 4) is 17.0 Å². The average Bonchev–Trinajstić information content (AvgIpc) is 3.35. The van der Waals surface area contributed by atoms with Crippen LogP contribution in [-0.4, -0.2) is 68.2 Å². The maximum atomic E-state index is 12.4. The van der Waals surface area contributed by atoms with Crippen molar-refractivity contribution in [3.05, 3.63) is 70.7 Å². The minimum Gasteiger partial charge on any atom is -0.490 e. The summed E-state index contributed by atoms with van der Waals surface area (Å²) >= 11 is 7.21. The third-order valence-electron chi connectivity index (χ3n) is 8.11. The number of benzene rings is 1. The number of aryl methyl sites for hydroxylation is 2. The summed E-state index contributed by atoms with van der Waals surface area (Å²) in [6.07, 6.45) is 5.03. The van der Waals surface area contributed by atoms with Crippen molar-refractivity contribution in [1.82, 2.24) is 30.0 Å². The number of amides is 1. The van der Waals surface area contributed by atoms with Crippen molar-refractivity contribution in [2.45, 2.75) is 46.2 Å². The lowest BCUT2D eigenvalue weighted by Crippen LogP contribution is -2.55. The van der Waals surface area contributed by atoms with Crippen LogP contribution in [-0.2, 0) is 11.3 Å². The van der Waals surface area contributed by atoms with E-state index >= 15 is 0 Å². The number of carbonyl (C=O) groups excluding carboxylic acids is 1. The number of aromatic amines is 1. The number of aromatic nitrogens is 4. The number of nitrogens with zero attached hydrogens (tertiary/aromatic N) is 5. The van der Waals surface area contributed by atoms with E-state index in [2.05, 4.69) is 47.8 Å². The number of piperazine rings is 1. The number of H-pyrrole nitrogens is 1. The van der Waals surface area contributed by atoms with Gasteiger partial charge in [0.2, 0.25) is 5.91 Å². The minimum absolute atomic E-state index is 0.0119. The van der Waals surface area contributed by atoms with Gasteiger partial charge < -0.3 is 15.0 Å². The Morgan fingerprint density at radius 1 is 1.24 bits per heavy atom. The zero-order chi connectivity index (χ0) is 28.8. The van der Waals surface area contributed by atoms with Crippen LogP contribution in [0.3, 0.4) is 0 Å². The van der Waals surface area contributed by atoms with Gasteiger partial charge in [0, 0.05) is 43.3 Å². The summed E-state index contributed by atoms with van der Waals surface area (Å²) in [5, 5.41) is 12.4. The lowest BCUT2D eigenvalue weighted by Gasteiger charge is -2.39. The molecular formula is C31H34ClN7O2. The molecule has 1 saturated heterocycles. The molecule has 9 nitrogen and oxygen atoms in total. The molecule has 1 fully saturated rings. The van der Waals surface area contributed by atoms with Crippen molar-refractivity contribution in [1.29, 1.82) is 0 Å². The highest BCUT2D eigenvalue weighted by atomic mass is 35.5. The van der Waals surface area contributed by atoms with E-state index in [-0.39, 0.29) is 17.9 Å². The molecule has 0 spiro atoms. The molecule has 3 aromatic heterocycles. The Labute approximate surface area is 244 Å². The van der Waals surface area contributed by atoms with Crippen molar-refractivity contribution < 1.29 is 9.53 Å². The quantitative estimate of drug-likeness (QED) is 0.294. The van der Waals surface area contributed by atoms with Crippen LogP contribution >= 0.6 is 11.6 Å². The van der Waals surface area contributed by atoms with Gasteiger partial charge >= 0.3 is 0 Å². The number of nitrogens with one attached hydrogen (secondary N) is 2. The van der Waals surface area contributed by atoms with Gasteiger partial charge in [-0.3, -0.25) is 19.8 Å². The second-order valence-corrected chi connectivity index (χ2v) is 11.5. The number of hydrogen-bond donors (Lipinski definition) is 2. The van der Waals surface area contributed by atoms with Crippen molar-refractivity contribution in [2.75, 3.05) is 31.6 Å². The zero-order valence-corrected chi connectivity index (χ0v) is 24.5. The van der Waals surface area contributed by atoms with Crippen LogP contribution in [0.15, 0.2) is 43.2 Å². The number of halogens is 1. The van der Waals surface area contributed by atoms with Crippen LogP contribution in [0.25, 0.3) is 22.2 Å².